The number of para-hydroxylation sites is 1. The van der Waals surface area contributed by atoms with E-state index in [9.17, 15) is 4.79 Å². The molecule has 2 heterocycles. The molecule has 3 aromatic rings. The van der Waals surface area contributed by atoms with Crippen LogP contribution in [0.5, 0.6) is 0 Å². The number of hydrogen-bond donors (Lipinski definition) is 1. The van der Waals surface area contributed by atoms with E-state index in [1.54, 1.807) is 12.1 Å². The second-order valence-corrected chi connectivity index (χ2v) is 7.90. The van der Waals surface area contributed by atoms with Gasteiger partial charge in [0.1, 0.15) is 0 Å². The summed E-state index contributed by atoms with van der Waals surface area (Å²) in [6.07, 6.45) is 0. The Hall–Kier alpha value is -2.12. The molecule has 1 N–H and O–H groups in total. The van der Waals surface area contributed by atoms with E-state index in [0.717, 1.165) is 43.9 Å². The highest BCUT2D eigenvalue weighted by molar-refractivity contribution is 6.42. The Labute approximate surface area is 178 Å². The summed E-state index contributed by atoms with van der Waals surface area (Å²) in [6.45, 7) is 4.92. The fourth-order valence-corrected chi connectivity index (χ4v) is 3.97. The van der Waals surface area contributed by atoms with Crippen molar-refractivity contribution < 1.29 is 4.74 Å². The van der Waals surface area contributed by atoms with Gasteiger partial charge in [-0.25, -0.2) is 0 Å². The lowest BCUT2D eigenvalue weighted by Crippen LogP contribution is -2.43. The molecule has 1 aliphatic heterocycles. The predicted octanol–water partition coefficient (Wildman–Crippen LogP) is 2.97. The van der Waals surface area contributed by atoms with Crippen molar-refractivity contribution in [3.8, 4) is 0 Å². The molecule has 1 aromatic heterocycles. The van der Waals surface area contributed by atoms with Gasteiger partial charge in [0.25, 0.3) is 5.56 Å². The van der Waals surface area contributed by atoms with E-state index in [-0.39, 0.29) is 17.7 Å². The molecule has 2 aromatic carbocycles. The molecule has 0 radical (unpaired) electrons. The molecule has 0 amide bonds. The fraction of sp³-hybridized carbons (Fsp3) is 0.333. The minimum atomic E-state index is -0.181. The van der Waals surface area contributed by atoms with Crippen molar-refractivity contribution in [3.63, 3.8) is 0 Å². The van der Waals surface area contributed by atoms with E-state index in [1.165, 1.54) is 4.57 Å². The van der Waals surface area contributed by atoms with Crippen LogP contribution in [-0.4, -0.2) is 46.9 Å². The Kier molecular flexibility index (Phi) is 6.06. The molecule has 1 saturated heterocycles. The van der Waals surface area contributed by atoms with Crippen LogP contribution in [0, 0.1) is 5.41 Å². The number of morpholine rings is 1. The molecule has 6 nitrogen and oxygen atoms in total. The first kappa shape index (κ1) is 20.2. The van der Waals surface area contributed by atoms with Gasteiger partial charge in [0.2, 0.25) is 5.62 Å². The quantitative estimate of drug-likeness (QED) is 0.673. The molecular formula is C21H22Cl2N4O2. The normalized spacial score (nSPS) is 15.1. The van der Waals surface area contributed by atoms with Gasteiger partial charge in [-0.3, -0.25) is 19.7 Å². The maximum atomic E-state index is 13.1. The zero-order valence-electron chi connectivity index (χ0n) is 15.9. The molecular weight excluding hydrogens is 411 g/mol. The average molecular weight is 433 g/mol. The third kappa shape index (κ3) is 4.26. The van der Waals surface area contributed by atoms with E-state index in [2.05, 4.69) is 4.90 Å². The van der Waals surface area contributed by atoms with Crippen LogP contribution in [0.4, 0.5) is 0 Å². The highest BCUT2D eigenvalue weighted by atomic mass is 35.5. The molecule has 0 spiro atoms. The van der Waals surface area contributed by atoms with E-state index in [0.29, 0.717) is 22.0 Å². The van der Waals surface area contributed by atoms with Crippen LogP contribution in [0.3, 0.4) is 0 Å². The van der Waals surface area contributed by atoms with Gasteiger partial charge in [-0.1, -0.05) is 41.4 Å². The molecule has 152 valence electrons. The Morgan fingerprint density at radius 2 is 1.72 bits per heavy atom. The van der Waals surface area contributed by atoms with Gasteiger partial charge in [-0.15, -0.1) is 0 Å². The van der Waals surface area contributed by atoms with Crippen LogP contribution in [-0.2, 0) is 17.8 Å². The average Bonchev–Trinajstić information content (AvgIpc) is 2.74. The van der Waals surface area contributed by atoms with Crippen molar-refractivity contribution in [3.05, 3.63) is 74.0 Å². The van der Waals surface area contributed by atoms with Crippen molar-refractivity contribution >= 4 is 34.1 Å². The van der Waals surface area contributed by atoms with Crippen molar-refractivity contribution in [2.24, 2.45) is 0 Å². The number of halogens is 2. The number of fused-ring (bicyclic) bond motifs is 1. The Balaban J connectivity index is 1.74. The van der Waals surface area contributed by atoms with Crippen molar-refractivity contribution in [2.75, 3.05) is 32.8 Å². The first-order valence-electron chi connectivity index (χ1n) is 9.55. The summed E-state index contributed by atoms with van der Waals surface area (Å²) in [5.41, 5.74) is 1.60. The molecule has 0 unspecified atom stereocenters. The smallest absolute Gasteiger partial charge is 0.263 e. The lowest BCUT2D eigenvalue weighted by Gasteiger charge is -2.27. The summed E-state index contributed by atoms with van der Waals surface area (Å²) in [5, 5.41) is 10.3. The standard InChI is InChI=1S/C21H22Cl2N4O2/c22-17-6-5-15(13-18(17)23)14-27-20(28)16-3-1-2-4-19(16)26(21(27)24)8-7-25-9-11-29-12-10-25/h1-6,13,24H,7-12,14H2. The first-order valence-corrected chi connectivity index (χ1v) is 10.3. The van der Waals surface area contributed by atoms with Gasteiger partial charge in [0.05, 0.1) is 40.7 Å². The van der Waals surface area contributed by atoms with E-state index >= 15 is 0 Å². The van der Waals surface area contributed by atoms with E-state index in [1.807, 2.05) is 34.9 Å². The van der Waals surface area contributed by atoms with Crippen molar-refractivity contribution in [1.29, 1.82) is 5.41 Å². The molecule has 0 aliphatic carbocycles. The van der Waals surface area contributed by atoms with Crippen LogP contribution in [0.25, 0.3) is 10.9 Å². The minimum absolute atomic E-state index is 0.174. The highest BCUT2D eigenvalue weighted by Crippen LogP contribution is 2.22. The Morgan fingerprint density at radius 1 is 0.966 bits per heavy atom. The number of aromatic nitrogens is 2. The molecule has 0 saturated carbocycles. The number of nitrogens with zero attached hydrogens (tertiary/aromatic N) is 3. The van der Waals surface area contributed by atoms with Gasteiger partial charge in [-0.05, 0) is 29.8 Å². The van der Waals surface area contributed by atoms with Gasteiger partial charge in [0, 0.05) is 26.2 Å². The van der Waals surface area contributed by atoms with Gasteiger partial charge in [0.15, 0.2) is 0 Å². The molecule has 0 atom stereocenters. The number of ether oxygens (including phenoxy) is 1. The number of rotatable bonds is 5. The maximum absolute atomic E-state index is 13.1. The molecule has 8 heteroatoms. The Bertz CT molecular complexity index is 1150. The van der Waals surface area contributed by atoms with Crippen LogP contribution in [0.1, 0.15) is 5.56 Å². The van der Waals surface area contributed by atoms with Gasteiger partial charge in [-0.2, -0.15) is 0 Å². The summed E-state index contributed by atoms with van der Waals surface area (Å²) < 4.78 is 8.81. The van der Waals surface area contributed by atoms with Crippen LogP contribution in [0.15, 0.2) is 47.3 Å². The summed E-state index contributed by atoms with van der Waals surface area (Å²) in [6, 6.07) is 12.7. The van der Waals surface area contributed by atoms with Crippen molar-refractivity contribution in [1.82, 2.24) is 14.0 Å². The topological polar surface area (TPSA) is 63.2 Å². The number of benzene rings is 2. The summed E-state index contributed by atoms with van der Waals surface area (Å²) in [7, 11) is 0. The second-order valence-electron chi connectivity index (χ2n) is 7.09. The van der Waals surface area contributed by atoms with Crippen LogP contribution < -0.4 is 11.2 Å². The molecule has 29 heavy (non-hydrogen) atoms. The molecule has 0 bridgehead atoms. The monoisotopic (exact) mass is 432 g/mol. The van der Waals surface area contributed by atoms with Crippen LogP contribution in [0.2, 0.25) is 10.0 Å². The Morgan fingerprint density at radius 3 is 2.48 bits per heavy atom. The highest BCUT2D eigenvalue weighted by Gasteiger charge is 2.14. The molecule has 1 fully saturated rings. The van der Waals surface area contributed by atoms with E-state index < -0.39 is 0 Å². The maximum Gasteiger partial charge on any atom is 0.263 e. The first-order chi connectivity index (χ1) is 14.0. The minimum Gasteiger partial charge on any atom is -0.379 e. The molecule has 4 rings (SSSR count). The lowest BCUT2D eigenvalue weighted by molar-refractivity contribution is 0.0363. The zero-order valence-corrected chi connectivity index (χ0v) is 17.4. The van der Waals surface area contributed by atoms with Gasteiger partial charge >= 0.3 is 0 Å². The fourth-order valence-electron chi connectivity index (χ4n) is 3.65. The summed E-state index contributed by atoms with van der Waals surface area (Å²) >= 11 is 12.1. The summed E-state index contributed by atoms with van der Waals surface area (Å²) in [4.78, 5) is 15.4. The van der Waals surface area contributed by atoms with Crippen molar-refractivity contribution in [2.45, 2.75) is 13.1 Å². The molecule has 1 aliphatic rings. The summed E-state index contributed by atoms with van der Waals surface area (Å²) in [5.74, 6) is 0. The number of hydrogen-bond acceptors (Lipinski definition) is 4. The zero-order chi connectivity index (χ0) is 20.4. The lowest BCUT2D eigenvalue weighted by atomic mass is 10.2. The number of nitrogens with one attached hydrogen (secondary N) is 1. The SMILES string of the molecule is N=c1n(Cc2ccc(Cl)c(Cl)c2)c(=O)c2ccccc2n1CCN1CCOCC1. The van der Waals surface area contributed by atoms with Gasteiger partial charge < -0.3 is 9.30 Å². The largest absolute Gasteiger partial charge is 0.379 e. The van der Waals surface area contributed by atoms with E-state index in [4.69, 9.17) is 33.3 Å². The second kappa shape index (κ2) is 8.71. The third-order valence-corrected chi connectivity index (χ3v) is 5.99. The van der Waals surface area contributed by atoms with Crippen LogP contribution >= 0.6 is 23.2 Å². The predicted molar refractivity (Wildman–Crippen MR) is 115 cm³/mol. The third-order valence-electron chi connectivity index (χ3n) is 5.25.